The van der Waals surface area contributed by atoms with Crippen molar-refractivity contribution in [2.24, 2.45) is 0 Å². The summed E-state index contributed by atoms with van der Waals surface area (Å²) in [6.45, 7) is 0. The number of furan rings is 1. The normalized spacial score (nSPS) is 10.5. The number of carbonyl (C=O) groups is 1. The molecule has 0 spiro atoms. The second-order valence-electron chi connectivity index (χ2n) is 4.49. The summed E-state index contributed by atoms with van der Waals surface area (Å²) in [4.78, 5) is 16.2. The van der Waals surface area contributed by atoms with Gasteiger partial charge in [-0.25, -0.2) is 4.39 Å². The van der Waals surface area contributed by atoms with Crippen LogP contribution in [0.2, 0.25) is 5.22 Å². The zero-order valence-electron chi connectivity index (χ0n) is 11.2. The van der Waals surface area contributed by atoms with Crippen molar-refractivity contribution in [2.75, 3.05) is 5.32 Å². The van der Waals surface area contributed by atoms with Crippen LogP contribution in [-0.2, 0) is 0 Å². The van der Waals surface area contributed by atoms with Crippen molar-refractivity contribution >= 4 is 23.2 Å². The maximum Gasteiger partial charge on any atom is 0.260 e. The lowest BCUT2D eigenvalue weighted by Gasteiger charge is -2.10. The molecule has 3 aromatic rings. The van der Waals surface area contributed by atoms with E-state index in [9.17, 15) is 9.18 Å². The fourth-order valence-electron chi connectivity index (χ4n) is 2.05. The molecule has 0 aliphatic heterocycles. The fourth-order valence-corrected chi connectivity index (χ4v) is 2.25. The number of halogens is 2. The minimum absolute atomic E-state index is 0.00805. The minimum atomic E-state index is -0.426. The molecule has 4 nitrogen and oxygen atoms in total. The van der Waals surface area contributed by atoms with Crippen LogP contribution in [-0.4, -0.2) is 10.9 Å². The van der Waals surface area contributed by atoms with Crippen molar-refractivity contribution in [3.05, 3.63) is 71.7 Å². The van der Waals surface area contributed by atoms with Crippen molar-refractivity contribution in [1.82, 2.24) is 4.98 Å². The number of hydrogen-bond donors (Lipinski definition) is 1. The number of pyridine rings is 1. The first kappa shape index (κ1) is 14.3. The second-order valence-corrected chi connectivity index (χ2v) is 4.84. The molecule has 2 aromatic heterocycles. The van der Waals surface area contributed by atoms with Gasteiger partial charge in [0.25, 0.3) is 5.91 Å². The average Bonchev–Trinajstić information content (AvgIpc) is 2.94. The largest absolute Gasteiger partial charge is 0.452 e. The summed E-state index contributed by atoms with van der Waals surface area (Å²) >= 11 is 5.79. The van der Waals surface area contributed by atoms with Crippen LogP contribution in [0.1, 0.15) is 10.4 Å². The maximum atomic E-state index is 13.4. The standard InChI is InChI=1S/C16H10ClFN2O2/c17-15-13(5-7-22-15)16(21)20-14-9-19-6-4-12(14)10-2-1-3-11(18)8-10/h1-9H,(H,20,21). The summed E-state index contributed by atoms with van der Waals surface area (Å²) in [6, 6.07) is 9.25. The van der Waals surface area contributed by atoms with Crippen LogP contribution in [0.3, 0.4) is 0 Å². The molecule has 1 aromatic carbocycles. The molecular weight excluding hydrogens is 307 g/mol. The number of carbonyl (C=O) groups excluding carboxylic acids is 1. The predicted octanol–water partition coefficient (Wildman–Crippen LogP) is 4.39. The number of rotatable bonds is 3. The van der Waals surface area contributed by atoms with E-state index in [0.717, 1.165) is 0 Å². The molecule has 0 fully saturated rings. The van der Waals surface area contributed by atoms with Gasteiger partial charge in [0.15, 0.2) is 0 Å². The predicted molar refractivity (Wildman–Crippen MR) is 81.3 cm³/mol. The summed E-state index contributed by atoms with van der Waals surface area (Å²) in [7, 11) is 0. The molecule has 0 unspecified atom stereocenters. The third-order valence-corrected chi connectivity index (χ3v) is 3.36. The van der Waals surface area contributed by atoms with E-state index in [-0.39, 0.29) is 16.6 Å². The first-order valence-electron chi connectivity index (χ1n) is 6.39. The number of nitrogens with zero attached hydrogens (tertiary/aromatic N) is 1. The molecule has 6 heteroatoms. The van der Waals surface area contributed by atoms with E-state index in [0.29, 0.717) is 16.8 Å². The first-order valence-corrected chi connectivity index (χ1v) is 6.77. The van der Waals surface area contributed by atoms with Crippen molar-refractivity contribution in [3.63, 3.8) is 0 Å². The number of amides is 1. The molecular formula is C16H10ClFN2O2. The molecule has 0 radical (unpaired) electrons. The summed E-state index contributed by atoms with van der Waals surface area (Å²) in [6.07, 6.45) is 4.39. The van der Waals surface area contributed by atoms with Gasteiger partial charge < -0.3 is 9.73 Å². The van der Waals surface area contributed by atoms with Crippen molar-refractivity contribution in [3.8, 4) is 11.1 Å². The molecule has 0 aliphatic carbocycles. The third kappa shape index (κ3) is 2.84. The zero-order valence-corrected chi connectivity index (χ0v) is 12.0. The third-order valence-electron chi connectivity index (χ3n) is 3.07. The van der Waals surface area contributed by atoms with Gasteiger partial charge in [0.1, 0.15) is 5.82 Å². The van der Waals surface area contributed by atoms with Crippen molar-refractivity contribution < 1.29 is 13.6 Å². The Morgan fingerprint density at radius 1 is 1.27 bits per heavy atom. The number of hydrogen-bond acceptors (Lipinski definition) is 3. The van der Waals surface area contributed by atoms with Gasteiger partial charge in [0.05, 0.1) is 23.7 Å². The van der Waals surface area contributed by atoms with Crippen LogP contribution in [0.15, 0.2) is 59.5 Å². The summed E-state index contributed by atoms with van der Waals surface area (Å²) in [5.41, 5.74) is 1.96. The minimum Gasteiger partial charge on any atom is -0.452 e. The van der Waals surface area contributed by atoms with E-state index in [2.05, 4.69) is 10.3 Å². The Morgan fingerprint density at radius 2 is 2.14 bits per heavy atom. The van der Waals surface area contributed by atoms with E-state index in [1.165, 1.54) is 30.7 Å². The smallest absolute Gasteiger partial charge is 0.260 e. The molecule has 0 atom stereocenters. The zero-order chi connectivity index (χ0) is 15.5. The van der Waals surface area contributed by atoms with Gasteiger partial charge >= 0.3 is 0 Å². The van der Waals surface area contributed by atoms with Gasteiger partial charge in [0.2, 0.25) is 5.22 Å². The Labute approximate surface area is 130 Å². The van der Waals surface area contributed by atoms with E-state index < -0.39 is 5.91 Å². The molecule has 0 bridgehead atoms. The molecule has 22 heavy (non-hydrogen) atoms. The van der Waals surface area contributed by atoms with Gasteiger partial charge in [-0.05, 0) is 41.4 Å². The maximum absolute atomic E-state index is 13.4. The quantitative estimate of drug-likeness (QED) is 0.779. The van der Waals surface area contributed by atoms with Crippen LogP contribution >= 0.6 is 11.6 Å². The van der Waals surface area contributed by atoms with E-state index in [1.807, 2.05) is 0 Å². The lowest BCUT2D eigenvalue weighted by Crippen LogP contribution is -2.12. The van der Waals surface area contributed by atoms with Crippen LogP contribution in [0, 0.1) is 5.82 Å². The van der Waals surface area contributed by atoms with Crippen molar-refractivity contribution in [2.45, 2.75) is 0 Å². The van der Waals surface area contributed by atoms with Gasteiger partial charge in [-0.1, -0.05) is 12.1 Å². The fraction of sp³-hybridized carbons (Fsp3) is 0. The Hall–Kier alpha value is -2.66. The number of nitrogens with one attached hydrogen (secondary N) is 1. The lowest BCUT2D eigenvalue weighted by atomic mass is 10.1. The van der Waals surface area contributed by atoms with Crippen LogP contribution in [0.5, 0.6) is 0 Å². The SMILES string of the molecule is O=C(Nc1cnccc1-c1cccc(F)c1)c1ccoc1Cl. The highest BCUT2D eigenvalue weighted by atomic mass is 35.5. The summed E-state index contributed by atoms with van der Waals surface area (Å²) in [5.74, 6) is -0.783. The number of anilines is 1. The molecule has 110 valence electrons. The van der Waals surface area contributed by atoms with Gasteiger partial charge in [-0.15, -0.1) is 0 Å². The lowest BCUT2D eigenvalue weighted by molar-refractivity contribution is 0.102. The monoisotopic (exact) mass is 316 g/mol. The highest BCUT2D eigenvalue weighted by Crippen LogP contribution is 2.28. The Balaban J connectivity index is 1.95. The Kier molecular flexibility index (Phi) is 3.89. The first-order chi connectivity index (χ1) is 10.6. The average molecular weight is 317 g/mol. The second kappa shape index (κ2) is 5.99. The van der Waals surface area contributed by atoms with Gasteiger partial charge in [0, 0.05) is 11.8 Å². The molecule has 0 aliphatic rings. The molecule has 0 saturated carbocycles. The van der Waals surface area contributed by atoms with E-state index in [4.69, 9.17) is 16.0 Å². The van der Waals surface area contributed by atoms with Crippen LogP contribution in [0.4, 0.5) is 10.1 Å². The van der Waals surface area contributed by atoms with E-state index >= 15 is 0 Å². The molecule has 1 amide bonds. The molecule has 0 saturated heterocycles. The Bertz CT molecular complexity index is 832. The highest BCUT2D eigenvalue weighted by Gasteiger charge is 2.15. The summed E-state index contributed by atoms with van der Waals surface area (Å²) in [5, 5.41) is 2.71. The Morgan fingerprint density at radius 3 is 2.86 bits per heavy atom. The molecule has 2 heterocycles. The summed E-state index contributed by atoms with van der Waals surface area (Å²) < 4.78 is 18.3. The molecule has 3 rings (SSSR count). The highest BCUT2D eigenvalue weighted by molar-refractivity contribution is 6.32. The van der Waals surface area contributed by atoms with Gasteiger partial charge in [-0.2, -0.15) is 0 Å². The van der Waals surface area contributed by atoms with E-state index in [1.54, 1.807) is 24.4 Å². The number of aromatic nitrogens is 1. The van der Waals surface area contributed by atoms with Crippen LogP contribution < -0.4 is 5.32 Å². The number of benzene rings is 1. The van der Waals surface area contributed by atoms with Crippen molar-refractivity contribution in [1.29, 1.82) is 0 Å². The molecule has 1 N–H and O–H groups in total. The van der Waals surface area contributed by atoms with Crippen LogP contribution in [0.25, 0.3) is 11.1 Å². The topological polar surface area (TPSA) is 55.1 Å². The van der Waals surface area contributed by atoms with Gasteiger partial charge in [-0.3, -0.25) is 9.78 Å².